The zero-order valence-electron chi connectivity index (χ0n) is 12.1. The molecule has 112 valence electrons. The van der Waals surface area contributed by atoms with Gasteiger partial charge in [0.2, 0.25) is 5.91 Å². The fourth-order valence-electron chi connectivity index (χ4n) is 2.42. The Bertz CT molecular complexity index is 561. The van der Waals surface area contributed by atoms with E-state index >= 15 is 0 Å². The van der Waals surface area contributed by atoms with Gasteiger partial charge < -0.3 is 9.64 Å². The Hall–Kier alpha value is -2.21. The number of benzene rings is 1. The first-order valence-electron chi connectivity index (χ1n) is 6.83. The standard InChI is InChI=1S/C15H18N2O4/c1-11-9-16(10-12(2)21-11)15(18)8-7-13-5-3-4-6-14(13)17(19)20/h3-8,11-12H,9-10H2,1-2H3/b8-7+/t11-,12-/m1/s1. The second kappa shape index (κ2) is 6.49. The summed E-state index contributed by atoms with van der Waals surface area (Å²) >= 11 is 0. The van der Waals surface area contributed by atoms with Crippen molar-refractivity contribution in [1.29, 1.82) is 0 Å². The Morgan fingerprint density at radius 1 is 1.33 bits per heavy atom. The monoisotopic (exact) mass is 290 g/mol. The van der Waals surface area contributed by atoms with Crippen LogP contribution in [0.2, 0.25) is 0 Å². The minimum Gasteiger partial charge on any atom is -0.372 e. The van der Waals surface area contributed by atoms with E-state index < -0.39 is 4.92 Å². The molecule has 2 rings (SSSR count). The van der Waals surface area contributed by atoms with Gasteiger partial charge in [0, 0.05) is 25.2 Å². The molecule has 1 saturated heterocycles. The van der Waals surface area contributed by atoms with Crippen LogP contribution in [0.25, 0.3) is 6.08 Å². The van der Waals surface area contributed by atoms with Crippen LogP contribution in [0.4, 0.5) is 5.69 Å². The number of nitrogens with zero attached hydrogens (tertiary/aromatic N) is 2. The minimum absolute atomic E-state index is 0.00263. The van der Waals surface area contributed by atoms with Crippen LogP contribution in [-0.4, -0.2) is 41.0 Å². The van der Waals surface area contributed by atoms with E-state index in [1.54, 1.807) is 23.1 Å². The highest BCUT2D eigenvalue weighted by molar-refractivity contribution is 5.92. The number of carbonyl (C=O) groups excluding carboxylic acids is 1. The summed E-state index contributed by atoms with van der Waals surface area (Å²) in [4.78, 5) is 24.3. The maximum atomic E-state index is 12.2. The van der Waals surface area contributed by atoms with Gasteiger partial charge in [-0.2, -0.15) is 0 Å². The van der Waals surface area contributed by atoms with Gasteiger partial charge in [0.1, 0.15) is 0 Å². The third-order valence-corrected chi connectivity index (χ3v) is 3.27. The predicted octanol–water partition coefficient (Wildman–Crippen LogP) is 2.24. The molecule has 0 aliphatic carbocycles. The maximum absolute atomic E-state index is 12.2. The van der Waals surface area contributed by atoms with Gasteiger partial charge in [-0.25, -0.2) is 0 Å². The number of carbonyl (C=O) groups is 1. The van der Waals surface area contributed by atoms with Crippen molar-refractivity contribution < 1.29 is 14.5 Å². The van der Waals surface area contributed by atoms with Crippen LogP contribution in [0.1, 0.15) is 19.4 Å². The SMILES string of the molecule is C[C@@H]1CN(C(=O)/C=C/c2ccccc2[N+](=O)[O-])C[C@@H](C)O1. The lowest BCUT2D eigenvalue weighted by molar-refractivity contribution is -0.385. The van der Waals surface area contributed by atoms with Crippen molar-refractivity contribution in [3.63, 3.8) is 0 Å². The van der Waals surface area contributed by atoms with Crippen molar-refractivity contribution in [1.82, 2.24) is 4.90 Å². The molecule has 1 aliphatic heterocycles. The van der Waals surface area contributed by atoms with Crippen molar-refractivity contribution in [2.75, 3.05) is 13.1 Å². The maximum Gasteiger partial charge on any atom is 0.276 e. The van der Waals surface area contributed by atoms with Crippen LogP contribution in [0, 0.1) is 10.1 Å². The lowest BCUT2D eigenvalue weighted by Crippen LogP contribution is -2.47. The van der Waals surface area contributed by atoms with Crippen LogP contribution >= 0.6 is 0 Å². The smallest absolute Gasteiger partial charge is 0.276 e. The summed E-state index contributed by atoms with van der Waals surface area (Å²) in [5, 5.41) is 10.9. The molecule has 1 fully saturated rings. The minimum atomic E-state index is -0.455. The molecule has 0 spiro atoms. The second-order valence-electron chi connectivity index (χ2n) is 5.15. The molecule has 1 aliphatic rings. The Kier molecular flexibility index (Phi) is 4.70. The first-order chi connectivity index (χ1) is 9.97. The Morgan fingerprint density at radius 2 is 1.95 bits per heavy atom. The third-order valence-electron chi connectivity index (χ3n) is 3.27. The topological polar surface area (TPSA) is 72.7 Å². The number of hydrogen-bond acceptors (Lipinski definition) is 4. The van der Waals surface area contributed by atoms with Crippen LogP contribution in [-0.2, 0) is 9.53 Å². The molecule has 6 nitrogen and oxygen atoms in total. The summed E-state index contributed by atoms with van der Waals surface area (Å²) in [6.07, 6.45) is 2.87. The first-order valence-corrected chi connectivity index (χ1v) is 6.83. The van der Waals surface area contributed by atoms with Crippen LogP contribution in [0.5, 0.6) is 0 Å². The van der Waals surface area contributed by atoms with Crippen molar-refractivity contribution in [3.8, 4) is 0 Å². The number of para-hydroxylation sites is 1. The highest BCUT2D eigenvalue weighted by Crippen LogP contribution is 2.19. The van der Waals surface area contributed by atoms with E-state index in [9.17, 15) is 14.9 Å². The van der Waals surface area contributed by atoms with Crippen molar-refractivity contribution in [2.24, 2.45) is 0 Å². The Morgan fingerprint density at radius 3 is 2.57 bits per heavy atom. The Labute approximate surface area is 123 Å². The molecule has 1 amide bonds. The molecule has 1 aromatic rings. The van der Waals surface area contributed by atoms with E-state index in [1.807, 2.05) is 13.8 Å². The molecule has 0 aromatic heterocycles. The molecule has 0 unspecified atom stereocenters. The average molecular weight is 290 g/mol. The van der Waals surface area contributed by atoms with Gasteiger partial charge >= 0.3 is 0 Å². The normalized spacial score (nSPS) is 22.5. The number of hydrogen-bond donors (Lipinski definition) is 0. The molecule has 0 saturated carbocycles. The average Bonchev–Trinajstić information content (AvgIpc) is 2.43. The quantitative estimate of drug-likeness (QED) is 0.486. The molecule has 1 heterocycles. The van der Waals surface area contributed by atoms with E-state index in [4.69, 9.17) is 4.74 Å². The van der Waals surface area contributed by atoms with Gasteiger partial charge in [0.25, 0.3) is 5.69 Å². The van der Waals surface area contributed by atoms with Crippen LogP contribution in [0.15, 0.2) is 30.3 Å². The summed E-state index contributed by atoms with van der Waals surface area (Å²) < 4.78 is 5.57. The van der Waals surface area contributed by atoms with Gasteiger partial charge in [-0.3, -0.25) is 14.9 Å². The summed E-state index contributed by atoms with van der Waals surface area (Å²) in [6, 6.07) is 6.34. The largest absolute Gasteiger partial charge is 0.372 e. The highest BCUT2D eigenvalue weighted by Gasteiger charge is 2.24. The number of rotatable bonds is 3. The summed E-state index contributed by atoms with van der Waals surface area (Å²) in [5.41, 5.74) is 0.412. The molecular formula is C15H18N2O4. The molecule has 6 heteroatoms. The zero-order valence-corrected chi connectivity index (χ0v) is 12.1. The number of nitro groups is 1. The van der Waals surface area contributed by atoms with Gasteiger partial charge in [-0.05, 0) is 26.0 Å². The van der Waals surface area contributed by atoms with E-state index in [1.165, 1.54) is 18.2 Å². The predicted molar refractivity (Wildman–Crippen MR) is 78.7 cm³/mol. The van der Waals surface area contributed by atoms with E-state index in [2.05, 4.69) is 0 Å². The van der Waals surface area contributed by atoms with Crippen molar-refractivity contribution in [3.05, 3.63) is 46.0 Å². The molecule has 0 N–H and O–H groups in total. The molecule has 0 radical (unpaired) electrons. The third kappa shape index (κ3) is 3.88. The fourth-order valence-corrected chi connectivity index (χ4v) is 2.42. The zero-order chi connectivity index (χ0) is 15.4. The van der Waals surface area contributed by atoms with Gasteiger partial charge in [-0.15, -0.1) is 0 Å². The van der Waals surface area contributed by atoms with E-state index in [0.29, 0.717) is 18.7 Å². The lowest BCUT2D eigenvalue weighted by atomic mass is 10.1. The fraction of sp³-hybridized carbons (Fsp3) is 0.400. The summed E-state index contributed by atoms with van der Waals surface area (Å²) in [7, 11) is 0. The van der Waals surface area contributed by atoms with Crippen LogP contribution < -0.4 is 0 Å². The van der Waals surface area contributed by atoms with E-state index in [0.717, 1.165) is 0 Å². The van der Waals surface area contributed by atoms with Gasteiger partial charge in [-0.1, -0.05) is 12.1 Å². The number of ether oxygens (including phenoxy) is 1. The van der Waals surface area contributed by atoms with Gasteiger partial charge in [0.05, 0.1) is 22.7 Å². The highest BCUT2D eigenvalue weighted by atomic mass is 16.6. The number of morpholine rings is 1. The summed E-state index contributed by atoms with van der Waals surface area (Å²) in [6.45, 7) is 4.90. The summed E-state index contributed by atoms with van der Waals surface area (Å²) in [5.74, 6) is -0.157. The lowest BCUT2D eigenvalue weighted by Gasteiger charge is -2.34. The van der Waals surface area contributed by atoms with Gasteiger partial charge in [0.15, 0.2) is 0 Å². The Balaban J connectivity index is 2.10. The van der Waals surface area contributed by atoms with Crippen molar-refractivity contribution >= 4 is 17.7 Å². The first kappa shape index (κ1) is 15.2. The van der Waals surface area contributed by atoms with Crippen LogP contribution in [0.3, 0.4) is 0 Å². The second-order valence-corrected chi connectivity index (χ2v) is 5.15. The number of nitro benzene ring substituents is 1. The van der Waals surface area contributed by atoms with E-state index in [-0.39, 0.29) is 23.8 Å². The number of amides is 1. The molecule has 21 heavy (non-hydrogen) atoms. The molecule has 1 aromatic carbocycles. The molecule has 2 atom stereocenters. The molecule has 0 bridgehead atoms. The van der Waals surface area contributed by atoms with Crippen molar-refractivity contribution in [2.45, 2.75) is 26.1 Å². The molecular weight excluding hydrogens is 272 g/mol.